The molecule has 0 bridgehead atoms. The number of phenolic OH excluding ortho intramolecular Hbond substituents is 1. The molecule has 122 valence electrons. The standard InChI is InChI=1S/C15H9F2N3O4/c16-9-2-3-10(11(17)6-9)12(7-18)19-15(22)8-1-4-14(21)13(5-8)20(23)24/h1-6,12,21H,(H,19,22)/t12-/m1/s1. The monoisotopic (exact) mass is 333 g/mol. The Labute approximate surface area is 133 Å². The van der Waals surface area contributed by atoms with Gasteiger partial charge in [-0.3, -0.25) is 14.9 Å². The van der Waals surface area contributed by atoms with E-state index >= 15 is 0 Å². The van der Waals surface area contributed by atoms with Crippen molar-refractivity contribution in [2.45, 2.75) is 6.04 Å². The summed E-state index contributed by atoms with van der Waals surface area (Å²) in [4.78, 5) is 22.0. The maximum atomic E-state index is 13.7. The second-order valence-corrected chi connectivity index (χ2v) is 4.66. The van der Waals surface area contributed by atoms with Crippen LogP contribution in [0.4, 0.5) is 14.5 Å². The third-order valence-corrected chi connectivity index (χ3v) is 3.11. The molecular weight excluding hydrogens is 324 g/mol. The molecule has 0 fully saturated rings. The maximum Gasteiger partial charge on any atom is 0.311 e. The van der Waals surface area contributed by atoms with Crippen LogP contribution in [0.15, 0.2) is 36.4 Å². The Kier molecular flexibility index (Phi) is 4.70. The largest absolute Gasteiger partial charge is 0.502 e. The van der Waals surface area contributed by atoms with Crippen LogP contribution in [-0.4, -0.2) is 15.9 Å². The SMILES string of the molecule is N#C[C@@H](NC(=O)c1ccc(O)c([N+](=O)[O-])c1)c1ccc(F)cc1F. The minimum atomic E-state index is -1.43. The Morgan fingerprint density at radius 2 is 2.00 bits per heavy atom. The van der Waals surface area contributed by atoms with E-state index in [4.69, 9.17) is 5.26 Å². The van der Waals surface area contributed by atoms with E-state index in [2.05, 4.69) is 5.32 Å². The van der Waals surface area contributed by atoms with Crippen LogP contribution >= 0.6 is 0 Å². The molecule has 0 unspecified atom stereocenters. The Morgan fingerprint density at radius 1 is 1.29 bits per heavy atom. The van der Waals surface area contributed by atoms with Gasteiger partial charge in [-0.15, -0.1) is 0 Å². The van der Waals surface area contributed by atoms with E-state index in [1.807, 2.05) is 0 Å². The van der Waals surface area contributed by atoms with Gasteiger partial charge in [-0.05, 0) is 18.2 Å². The average Bonchev–Trinajstić information content (AvgIpc) is 2.53. The summed E-state index contributed by atoms with van der Waals surface area (Å²) in [5, 5.41) is 31.4. The van der Waals surface area contributed by atoms with Gasteiger partial charge in [0.25, 0.3) is 5.91 Å². The first-order valence-corrected chi connectivity index (χ1v) is 6.46. The van der Waals surface area contributed by atoms with E-state index in [0.29, 0.717) is 6.07 Å². The second-order valence-electron chi connectivity index (χ2n) is 4.66. The third-order valence-electron chi connectivity index (χ3n) is 3.11. The number of amides is 1. The molecular formula is C15H9F2N3O4. The van der Waals surface area contributed by atoms with E-state index in [9.17, 15) is 28.8 Å². The predicted molar refractivity (Wildman–Crippen MR) is 76.9 cm³/mol. The molecule has 0 spiro atoms. The summed E-state index contributed by atoms with van der Waals surface area (Å²) in [5.41, 5.74) is -1.15. The highest BCUT2D eigenvalue weighted by Crippen LogP contribution is 2.26. The Hall–Kier alpha value is -3.54. The summed E-state index contributed by atoms with van der Waals surface area (Å²) < 4.78 is 26.6. The molecule has 0 saturated carbocycles. The zero-order valence-corrected chi connectivity index (χ0v) is 11.9. The lowest BCUT2D eigenvalue weighted by atomic mass is 10.1. The summed E-state index contributed by atoms with van der Waals surface area (Å²) >= 11 is 0. The molecule has 0 saturated heterocycles. The van der Waals surface area contributed by atoms with Crippen molar-refractivity contribution in [3.63, 3.8) is 0 Å². The molecule has 0 aliphatic carbocycles. The lowest BCUT2D eigenvalue weighted by Crippen LogP contribution is -2.28. The molecule has 7 nitrogen and oxygen atoms in total. The highest BCUT2D eigenvalue weighted by Gasteiger charge is 2.21. The summed E-state index contributed by atoms with van der Waals surface area (Å²) in [6.07, 6.45) is 0. The quantitative estimate of drug-likeness (QED) is 0.659. The highest BCUT2D eigenvalue weighted by atomic mass is 19.1. The van der Waals surface area contributed by atoms with Gasteiger partial charge in [0.15, 0.2) is 5.75 Å². The first-order valence-electron chi connectivity index (χ1n) is 6.46. The fourth-order valence-electron chi connectivity index (χ4n) is 1.94. The van der Waals surface area contributed by atoms with Crippen LogP contribution in [0, 0.1) is 33.1 Å². The predicted octanol–water partition coefficient (Wildman–Crippen LogP) is 2.57. The van der Waals surface area contributed by atoms with Crippen LogP contribution in [0.5, 0.6) is 5.75 Å². The van der Waals surface area contributed by atoms with E-state index in [-0.39, 0.29) is 11.1 Å². The van der Waals surface area contributed by atoms with E-state index < -0.39 is 39.9 Å². The van der Waals surface area contributed by atoms with Gasteiger partial charge < -0.3 is 10.4 Å². The number of nitrogens with zero attached hydrogens (tertiary/aromatic N) is 2. The smallest absolute Gasteiger partial charge is 0.311 e. The Bertz CT molecular complexity index is 864. The minimum Gasteiger partial charge on any atom is -0.502 e. The molecule has 2 aromatic carbocycles. The van der Waals surface area contributed by atoms with Crippen LogP contribution in [-0.2, 0) is 0 Å². The third kappa shape index (κ3) is 3.44. The van der Waals surface area contributed by atoms with Gasteiger partial charge in [0.05, 0.1) is 11.0 Å². The number of halogens is 2. The second kappa shape index (κ2) is 6.70. The molecule has 1 atom stereocenters. The number of nitro groups is 1. The highest BCUT2D eigenvalue weighted by molar-refractivity contribution is 5.95. The number of benzene rings is 2. The average molecular weight is 333 g/mol. The van der Waals surface area contributed by atoms with E-state index in [1.54, 1.807) is 6.07 Å². The van der Waals surface area contributed by atoms with Crippen LogP contribution in [0.2, 0.25) is 0 Å². The summed E-state index contributed by atoms with van der Waals surface area (Å²) in [6, 6.07) is 5.61. The van der Waals surface area contributed by atoms with Crippen molar-refractivity contribution in [3.05, 3.63) is 69.3 Å². The van der Waals surface area contributed by atoms with Crippen molar-refractivity contribution in [2.75, 3.05) is 0 Å². The summed E-state index contributed by atoms with van der Waals surface area (Å²) in [6.45, 7) is 0. The van der Waals surface area contributed by atoms with Crippen LogP contribution in [0.1, 0.15) is 22.0 Å². The fourth-order valence-corrected chi connectivity index (χ4v) is 1.94. The minimum absolute atomic E-state index is 0.206. The molecule has 0 aliphatic rings. The molecule has 0 heterocycles. The Morgan fingerprint density at radius 3 is 2.58 bits per heavy atom. The van der Waals surface area contributed by atoms with Gasteiger partial charge in [-0.2, -0.15) is 5.26 Å². The zero-order chi connectivity index (χ0) is 17.9. The number of aromatic hydroxyl groups is 1. The van der Waals surface area contributed by atoms with Crippen molar-refractivity contribution in [1.29, 1.82) is 5.26 Å². The molecule has 2 aromatic rings. The van der Waals surface area contributed by atoms with Crippen LogP contribution < -0.4 is 5.32 Å². The number of hydrogen-bond donors (Lipinski definition) is 2. The summed E-state index contributed by atoms with van der Waals surface area (Å²) in [7, 11) is 0. The number of carbonyl (C=O) groups is 1. The fraction of sp³-hybridized carbons (Fsp3) is 0.0667. The van der Waals surface area contributed by atoms with Crippen molar-refractivity contribution in [2.24, 2.45) is 0 Å². The van der Waals surface area contributed by atoms with Crippen LogP contribution in [0.3, 0.4) is 0 Å². The van der Waals surface area contributed by atoms with E-state index in [1.165, 1.54) is 0 Å². The zero-order valence-electron chi connectivity index (χ0n) is 11.9. The van der Waals surface area contributed by atoms with Gasteiger partial charge >= 0.3 is 5.69 Å². The number of carbonyl (C=O) groups excluding carboxylic acids is 1. The number of phenols is 1. The first kappa shape index (κ1) is 16.8. The lowest BCUT2D eigenvalue weighted by molar-refractivity contribution is -0.385. The van der Waals surface area contributed by atoms with E-state index in [0.717, 1.165) is 30.3 Å². The molecule has 0 radical (unpaired) electrons. The molecule has 24 heavy (non-hydrogen) atoms. The molecule has 9 heteroatoms. The van der Waals surface area contributed by atoms with Gasteiger partial charge in [-0.25, -0.2) is 8.78 Å². The Balaban J connectivity index is 2.29. The van der Waals surface area contributed by atoms with Gasteiger partial charge in [-0.1, -0.05) is 6.07 Å². The number of nitriles is 1. The van der Waals surface area contributed by atoms with Crippen molar-refractivity contribution in [1.82, 2.24) is 5.32 Å². The number of hydrogen-bond acceptors (Lipinski definition) is 5. The molecule has 0 aromatic heterocycles. The molecule has 0 aliphatic heterocycles. The number of nitrogens with one attached hydrogen (secondary N) is 1. The van der Waals surface area contributed by atoms with Crippen molar-refractivity contribution < 1.29 is 23.6 Å². The van der Waals surface area contributed by atoms with Gasteiger partial charge in [0, 0.05) is 23.3 Å². The van der Waals surface area contributed by atoms with Crippen molar-refractivity contribution >= 4 is 11.6 Å². The first-order chi connectivity index (χ1) is 11.3. The molecule has 2 N–H and O–H groups in total. The maximum absolute atomic E-state index is 13.7. The normalized spacial score (nSPS) is 11.4. The topological polar surface area (TPSA) is 116 Å². The lowest BCUT2D eigenvalue weighted by Gasteiger charge is -2.13. The molecule has 2 rings (SSSR count). The summed E-state index contributed by atoms with van der Waals surface area (Å²) in [5.74, 6) is -3.38. The molecule has 1 amide bonds. The van der Waals surface area contributed by atoms with Crippen molar-refractivity contribution in [3.8, 4) is 11.8 Å². The van der Waals surface area contributed by atoms with Gasteiger partial charge in [0.1, 0.15) is 17.7 Å². The number of nitro benzene ring substituents is 1. The number of rotatable bonds is 4. The van der Waals surface area contributed by atoms with Gasteiger partial charge in [0.2, 0.25) is 0 Å². The van der Waals surface area contributed by atoms with Crippen LogP contribution in [0.25, 0.3) is 0 Å².